The molecule has 3 N–H and O–H groups in total. The van der Waals surface area contributed by atoms with E-state index >= 15 is 0 Å². The Hall–Kier alpha value is -2.60. The van der Waals surface area contributed by atoms with E-state index in [1.165, 1.54) is 18.3 Å². The second-order valence-corrected chi connectivity index (χ2v) is 4.88. The van der Waals surface area contributed by atoms with Crippen molar-refractivity contribution in [2.75, 3.05) is 11.9 Å². The number of amides is 2. The average molecular weight is 320 g/mol. The van der Waals surface area contributed by atoms with Crippen molar-refractivity contribution in [3.8, 4) is 5.75 Å². The predicted octanol–water partition coefficient (Wildman–Crippen LogP) is 1.74. The normalized spacial score (nSPS) is 10.0. The highest BCUT2D eigenvalue weighted by Crippen LogP contribution is 2.11. The quantitative estimate of drug-likeness (QED) is 0.591. The highest BCUT2D eigenvalue weighted by Gasteiger charge is 2.13. The number of phenolic OH excluding ortho intramolecular Hbond substituents is 1. The van der Waals surface area contributed by atoms with Crippen molar-refractivity contribution in [2.24, 2.45) is 0 Å². The highest BCUT2D eigenvalue weighted by atomic mass is 35.5. The van der Waals surface area contributed by atoms with Gasteiger partial charge < -0.3 is 15.7 Å². The van der Waals surface area contributed by atoms with Crippen LogP contribution in [-0.4, -0.2) is 28.4 Å². The molecule has 0 saturated carbocycles. The maximum absolute atomic E-state index is 11.7. The summed E-state index contributed by atoms with van der Waals surface area (Å²) in [7, 11) is 0. The Labute approximate surface area is 132 Å². The molecule has 0 bridgehead atoms. The van der Waals surface area contributed by atoms with E-state index in [4.69, 9.17) is 16.7 Å². The van der Waals surface area contributed by atoms with Gasteiger partial charge in [0.05, 0.1) is 0 Å². The highest BCUT2D eigenvalue weighted by molar-refractivity contribution is 6.39. The number of rotatable bonds is 4. The lowest BCUT2D eigenvalue weighted by molar-refractivity contribution is -0.136. The molecule has 7 heteroatoms. The van der Waals surface area contributed by atoms with Gasteiger partial charge in [0.1, 0.15) is 10.9 Å². The van der Waals surface area contributed by atoms with E-state index in [9.17, 15) is 9.59 Å². The number of nitrogens with one attached hydrogen (secondary N) is 2. The van der Waals surface area contributed by atoms with Crippen LogP contribution in [0, 0.1) is 0 Å². The van der Waals surface area contributed by atoms with Crippen LogP contribution in [0.4, 0.5) is 5.69 Å². The van der Waals surface area contributed by atoms with Gasteiger partial charge in [-0.2, -0.15) is 0 Å². The third kappa shape index (κ3) is 4.75. The molecule has 0 aliphatic heterocycles. The second kappa shape index (κ2) is 7.42. The molecular weight excluding hydrogens is 306 g/mol. The molecule has 114 valence electrons. The van der Waals surface area contributed by atoms with Crippen molar-refractivity contribution in [1.82, 2.24) is 10.3 Å². The summed E-state index contributed by atoms with van der Waals surface area (Å²) in [4.78, 5) is 27.1. The fourth-order valence-electron chi connectivity index (χ4n) is 1.73. The summed E-state index contributed by atoms with van der Waals surface area (Å²) in [6, 6.07) is 9.62. The molecule has 22 heavy (non-hydrogen) atoms. The number of phenols is 1. The standard InChI is InChI=1S/C15H14ClN3O3/c16-13-9-11(6-8-17-13)19-15(22)14(21)18-7-5-10-1-3-12(20)4-2-10/h1-4,6,8-9,20H,5,7H2,(H,18,21)(H,17,19,22). The molecule has 2 amide bonds. The third-order valence-electron chi connectivity index (χ3n) is 2.83. The van der Waals surface area contributed by atoms with E-state index in [1.807, 2.05) is 0 Å². The van der Waals surface area contributed by atoms with E-state index in [1.54, 1.807) is 24.3 Å². The van der Waals surface area contributed by atoms with Gasteiger partial charge in [0, 0.05) is 18.4 Å². The van der Waals surface area contributed by atoms with Gasteiger partial charge in [-0.3, -0.25) is 9.59 Å². The molecule has 0 spiro atoms. The Balaban J connectivity index is 1.79. The van der Waals surface area contributed by atoms with Gasteiger partial charge in [-0.05, 0) is 36.2 Å². The zero-order valence-corrected chi connectivity index (χ0v) is 12.3. The van der Waals surface area contributed by atoms with E-state index < -0.39 is 11.8 Å². The van der Waals surface area contributed by atoms with E-state index in [2.05, 4.69) is 15.6 Å². The minimum atomic E-state index is -0.770. The molecule has 0 fully saturated rings. The summed E-state index contributed by atoms with van der Waals surface area (Å²) >= 11 is 5.69. The number of carbonyl (C=O) groups excluding carboxylic acids is 2. The molecular formula is C15H14ClN3O3. The van der Waals surface area contributed by atoms with Gasteiger partial charge in [-0.25, -0.2) is 4.98 Å². The first-order valence-corrected chi connectivity index (χ1v) is 6.91. The number of pyridine rings is 1. The molecule has 0 aliphatic rings. The van der Waals surface area contributed by atoms with Crippen molar-refractivity contribution in [1.29, 1.82) is 0 Å². The minimum absolute atomic E-state index is 0.183. The fourth-order valence-corrected chi connectivity index (χ4v) is 1.91. The van der Waals surface area contributed by atoms with Gasteiger partial charge >= 0.3 is 11.8 Å². The van der Waals surface area contributed by atoms with Crippen LogP contribution in [0.3, 0.4) is 0 Å². The summed E-state index contributed by atoms with van der Waals surface area (Å²) in [6.07, 6.45) is 1.99. The molecule has 0 aliphatic carbocycles. The topological polar surface area (TPSA) is 91.3 Å². The van der Waals surface area contributed by atoms with Crippen molar-refractivity contribution in [3.05, 3.63) is 53.3 Å². The number of benzene rings is 1. The Morgan fingerprint density at radius 1 is 1.14 bits per heavy atom. The first-order valence-electron chi connectivity index (χ1n) is 6.53. The lowest BCUT2D eigenvalue weighted by Gasteiger charge is -2.07. The molecule has 0 atom stereocenters. The maximum Gasteiger partial charge on any atom is 0.313 e. The molecule has 6 nitrogen and oxygen atoms in total. The molecule has 2 rings (SSSR count). The van der Waals surface area contributed by atoms with Gasteiger partial charge in [-0.15, -0.1) is 0 Å². The lowest BCUT2D eigenvalue weighted by Crippen LogP contribution is -2.36. The van der Waals surface area contributed by atoms with Gasteiger partial charge in [0.15, 0.2) is 0 Å². The SMILES string of the molecule is O=C(NCCc1ccc(O)cc1)C(=O)Nc1ccnc(Cl)c1. The Kier molecular flexibility index (Phi) is 5.32. The number of nitrogens with zero attached hydrogens (tertiary/aromatic N) is 1. The van der Waals surface area contributed by atoms with Crippen molar-refractivity contribution < 1.29 is 14.7 Å². The van der Waals surface area contributed by atoms with Crippen LogP contribution < -0.4 is 10.6 Å². The molecule has 0 unspecified atom stereocenters. The second-order valence-electron chi connectivity index (χ2n) is 4.49. The summed E-state index contributed by atoms with van der Waals surface area (Å²) in [5.74, 6) is -1.32. The van der Waals surface area contributed by atoms with Crippen LogP contribution in [0.1, 0.15) is 5.56 Å². The Morgan fingerprint density at radius 2 is 1.86 bits per heavy atom. The molecule has 0 radical (unpaired) electrons. The van der Waals surface area contributed by atoms with E-state index in [0.717, 1.165) is 5.56 Å². The van der Waals surface area contributed by atoms with Gasteiger partial charge in [0.25, 0.3) is 0 Å². The summed E-state index contributed by atoms with van der Waals surface area (Å²) < 4.78 is 0. The van der Waals surface area contributed by atoms with E-state index in [-0.39, 0.29) is 10.9 Å². The number of halogens is 1. The number of aromatic nitrogens is 1. The Morgan fingerprint density at radius 3 is 2.55 bits per heavy atom. The fraction of sp³-hybridized carbons (Fsp3) is 0.133. The number of aromatic hydroxyl groups is 1. The van der Waals surface area contributed by atoms with E-state index in [0.29, 0.717) is 18.7 Å². The zero-order valence-electron chi connectivity index (χ0n) is 11.5. The number of hydrogen-bond donors (Lipinski definition) is 3. The molecule has 2 aromatic rings. The lowest BCUT2D eigenvalue weighted by atomic mass is 10.1. The largest absolute Gasteiger partial charge is 0.508 e. The number of hydrogen-bond acceptors (Lipinski definition) is 4. The van der Waals surface area contributed by atoms with Gasteiger partial charge in [0.2, 0.25) is 0 Å². The molecule has 1 heterocycles. The van der Waals surface area contributed by atoms with Crippen LogP contribution in [-0.2, 0) is 16.0 Å². The minimum Gasteiger partial charge on any atom is -0.508 e. The number of carbonyl (C=O) groups is 2. The average Bonchev–Trinajstić information content (AvgIpc) is 2.49. The summed E-state index contributed by atoms with van der Waals surface area (Å²) in [5.41, 5.74) is 1.35. The van der Waals surface area contributed by atoms with Crippen LogP contribution >= 0.6 is 11.6 Å². The van der Waals surface area contributed by atoms with Crippen molar-refractivity contribution >= 4 is 29.1 Å². The smallest absolute Gasteiger partial charge is 0.313 e. The Bertz CT molecular complexity index is 674. The maximum atomic E-state index is 11.7. The monoisotopic (exact) mass is 319 g/mol. The molecule has 0 saturated heterocycles. The van der Waals surface area contributed by atoms with Crippen molar-refractivity contribution in [3.63, 3.8) is 0 Å². The third-order valence-corrected chi connectivity index (χ3v) is 3.03. The van der Waals surface area contributed by atoms with Crippen molar-refractivity contribution in [2.45, 2.75) is 6.42 Å². The van der Waals surface area contributed by atoms with Crippen LogP contribution in [0.25, 0.3) is 0 Å². The van der Waals surface area contributed by atoms with Crippen LogP contribution in [0.2, 0.25) is 5.15 Å². The number of anilines is 1. The van der Waals surface area contributed by atoms with Gasteiger partial charge in [-0.1, -0.05) is 23.7 Å². The van der Waals surface area contributed by atoms with Crippen LogP contribution in [0.15, 0.2) is 42.6 Å². The zero-order chi connectivity index (χ0) is 15.9. The first kappa shape index (κ1) is 15.8. The summed E-state index contributed by atoms with van der Waals surface area (Å²) in [5, 5.41) is 14.3. The first-order chi connectivity index (χ1) is 10.5. The van der Waals surface area contributed by atoms with Crippen LogP contribution in [0.5, 0.6) is 5.75 Å². The molecule has 1 aromatic heterocycles. The summed E-state index contributed by atoms with van der Waals surface area (Å²) in [6.45, 7) is 0.314. The predicted molar refractivity (Wildman–Crippen MR) is 82.7 cm³/mol. The molecule has 1 aromatic carbocycles.